The van der Waals surface area contributed by atoms with E-state index in [2.05, 4.69) is 5.10 Å². The summed E-state index contributed by atoms with van der Waals surface area (Å²) in [7, 11) is 0. The number of nitrogens with two attached hydrogens (primary N) is 2. The zero-order valence-electron chi connectivity index (χ0n) is 14.0. The molecule has 0 saturated heterocycles. The Bertz CT molecular complexity index is 639. The molecule has 0 spiro atoms. The number of hydrazine groups is 1. The molecular formula is C15H21F3N4O3. The summed E-state index contributed by atoms with van der Waals surface area (Å²) in [5.74, 6) is 3.15. The molecule has 0 aliphatic heterocycles. The minimum absolute atomic E-state index is 0.273. The largest absolute Gasteiger partial charge is 0.479 e. The molecule has 1 aromatic carbocycles. The van der Waals surface area contributed by atoms with Crippen LogP contribution in [-0.2, 0) is 22.1 Å². The van der Waals surface area contributed by atoms with Gasteiger partial charge in [-0.3, -0.25) is 0 Å². The summed E-state index contributed by atoms with van der Waals surface area (Å²) >= 11 is 0. The Balaban J connectivity index is 3.33. The smallest absolute Gasteiger partial charge is 0.416 e. The molecule has 0 bridgehead atoms. The molecule has 1 atom stereocenters. The van der Waals surface area contributed by atoms with Crippen LogP contribution in [0, 0.1) is 0 Å². The maximum atomic E-state index is 12.7. The molecule has 10 heteroatoms. The first-order chi connectivity index (χ1) is 11.3. The molecule has 0 amide bonds. The van der Waals surface area contributed by atoms with Gasteiger partial charge in [0.05, 0.1) is 11.2 Å². The number of carboxylic acids is 1. The molecule has 7 nitrogen and oxygen atoms in total. The van der Waals surface area contributed by atoms with Crippen LogP contribution in [0.2, 0.25) is 0 Å². The first-order valence-corrected chi connectivity index (χ1v) is 7.21. The summed E-state index contributed by atoms with van der Waals surface area (Å²) in [6.45, 7) is 4.84. The zero-order valence-corrected chi connectivity index (χ0v) is 14.0. The van der Waals surface area contributed by atoms with Crippen LogP contribution in [-0.4, -0.2) is 28.1 Å². The van der Waals surface area contributed by atoms with Gasteiger partial charge in [-0.25, -0.2) is 16.2 Å². The number of amidine groups is 1. The average molecular weight is 362 g/mol. The Hall–Kier alpha value is -2.33. The van der Waals surface area contributed by atoms with Crippen molar-refractivity contribution in [2.45, 2.75) is 44.6 Å². The standard InChI is InChI=1S/C15H21F3N4O3/c1-13(2,3)25-14(12(23)24,11(19)21-22-20)8-9-4-6-10(7-5-9)15(16,17)18/h4-7,22H,8,20H2,1-3H3,(H2,19,21)(H,23,24). The van der Waals surface area contributed by atoms with Crippen molar-refractivity contribution in [3.05, 3.63) is 35.4 Å². The van der Waals surface area contributed by atoms with Crippen molar-refractivity contribution < 1.29 is 27.8 Å². The number of hydrazone groups is 1. The minimum Gasteiger partial charge on any atom is -0.479 e. The Morgan fingerprint density at radius 1 is 1.24 bits per heavy atom. The highest BCUT2D eigenvalue weighted by atomic mass is 19.4. The number of carbonyl (C=O) groups is 1. The number of hydrogen-bond acceptors (Lipinski definition) is 5. The number of halogens is 3. The van der Waals surface area contributed by atoms with E-state index in [1.54, 1.807) is 20.8 Å². The van der Waals surface area contributed by atoms with Gasteiger partial charge in [0.15, 0.2) is 5.84 Å². The van der Waals surface area contributed by atoms with Crippen molar-refractivity contribution in [1.82, 2.24) is 5.53 Å². The quantitative estimate of drug-likeness (QED) is 0.264. The van der Waals surface area contributed by atoms with Crippen LogP contribution in [0.4, 0.5) is 13.2 Å². The molecule has 1 unspecified atom stereocenters. The highest BCUT2D eigenvalue weighted by Gasteiger charge is 2.47. The van der Waals surface area contributed by atoms with Gasteiger partial charge in [0, 0.05) is 6.42 Å². The number of nitrogens with one attached hydrogen (secondary N) is 1. The van der Waals surface area contributed by atoms with Gasteiger partial charge >= 0.3 is 12.1 Å². The van der Waals surface area contributed by atoms with Crippen molar-refractivity contribution in [3.63, 3.8) is 0 Å². The first-order valence-electron chi connectivity index (χ1n) is 7.21. The SMILES string of the molecule is CC(C)(C)OC(Cc1ccc(C(F)(F)F)cc1)(C(=O)O)/C(N)=N/NN. The molecule has 25 heavy (non-hydrogen) atoms. The molecule has 0 aromatic heterocycles. The van der Waals surface area contributed by atoms with Crippen molar-refractivity contribution in [2.75, 3.05) is 0 Å². The second kappa shape index (κ2) is 7.28. The molecule has 0 fully saturated rings. The van der Waals surface area contributed by atoms with E-state index in [-0.39, 0.29) is 12.0 Å². The van der Waals surface area contributed by atoms with Gasteiger partial charge in [-0.2, -0.15) is 13.2 Å². The van der Waals surface area contributed by atoms with E-state index in [1.165, 1.54) is 0 Å². The third-order valence-electron chi connectivity index (χ3n) is 3.16. The predicted octanol–water partition coefficient (Wildman–Crippen LogP) is 1.62. The van der Waals surface area contributed by atoms with Crippen LogP contribution in [0.3, 0.4) is 0 Å². The van der Waals surface area contributed by atoms with Gasteiger partial charge in [0.25, 0.3) is 0 Å². The fourth-order valence-corrected chi connectivity index (χ4v) is 2.19. The third kappa shape index (κ3) is 5.33. The Labute approximate surface area is 142 Å². The summed E-state index contributed by atoms with van der Waals surface area (Å²) in [5.41, 5.74) is 4.03. The summed E-state index contributed by atoms with van der Waals surface area (Å²) in [6, 6.07) is 4.03. The fourth-order valence-electron chi connectivity index (χ4n) is 2.19. The number of nitrogens with zero attached hydrogens (tertiary/aromatic N) is 1. The van der Waals surface area contributed by atoms with Gasteiger partial charge in [-0.15, -0.1) is 5.10 Å². The number of aliphatic carboxylic acids is 1. The molecular weight excluding hydrogens is 341 g/mol. The number of alkyl halides is 3. The maximum Gasteiger partial charge on any atom is 0.416 e. The summed E-state index contributed by atoms with van der Waals surface area (Å²) in [4.78, 5) is 11.9. The monoisotopic (exact) mass is 362 g/mol. The zero-order chi connectivity index (χ0) is 19.5. The van der Waals surface area contributed by atoms with Crippen molar-refractivity contribution in [2.24, 2.45) is 16.7 Å². The third-order valence-corrected chi connectivity index (χ3v) is 3.16. The van der Waals surface area contributed by atoms with Gasteiger partial charge in [-0.05, 0) is 38.5 Å². The Morgan fingerprint density at radius 2 is 1.76 bits per heavy atom. The van der Waals surface area contributed by atoms with Gasteiger partial charge in [-0.1, -0.05) is 12.1 Å². The van der Waals surface area contributed by atoms with Gasteiger partial charge < -0.3 is 15.6 Å². The topological polar surface area (TPSA) is 123 Å². The summed E-state index contributed by atoms with van der Waals surface area (Å²) < 4.78 is 43.6. The molecule has 0 aliphatic rings. The highest BCUT2D eigenvalue weighted by molar-refractivity contribution is 6.07. The second-order valence-electron chi connectivity index (χ2n) is 6.34. The van der Waals surface area contributed by atoms with Crippen molar-refractivity contribution >= 4 is 11.8 Å². The lowest BCUT2D eigenvalue weighted by molar-refractivity contribution is -0.170. The van der Waals surface area contributed by atoms with Crippen LogP contribution in [0.15, 0.2) is 29.4 Å². The molecule has 0 aliphatic carbocycles. The summed E-state index contributed by atoms with van der Waals surface area (Å²) in [6.07, 6.45) is -4.83. The highest BCUT2D eigenvalue weighted by Crippen LogP contribution is 2.31. The molecule has 0 radical (unpaired) electrons. The van der Waals surface area contributed by atoms with Crippen LogP contribution < -0.4 is 17.1 Å². The number of rotatable bonds is 6. The Kier molecular flexibility index (Phi) is 6.03. The maximum absolute atomic E-state index is 12.7. The lowest BCUT2D eigenvalue weighted by Crippen LogP contribution is -2.58. The first kappa shape index (κ1) is 20.7. The van der Waals surface area contributed by atoms with E-state index in [0.29, 0.717) is 0 Å². The normalized spacial score (nSPS) is 15.6. The molecule has 0 heterocycles. The lowest BCUT2D eigenvalue weighted by atomic mass is 9.91. The minimum atomic E-state index is -4.49. The molecule has 1 rings (SSSR count). The van der Waals surface area contributed by atoms with Crippen LogP contribution in [0.25, 0.3) is 0 Å². The average Bonchev–Trinajstić information content (AvgIpc) is 2.44. The Morgan fingerprint density at radius 3 is 2.12 bits per heavy atom. The molecule has 0 saturated carbocycles. The second-order valence-corrected chi connectivity index (χ2v) is 6.34. The number of ether oxygens (including phenoxy) is 1. The van der Waals surface area contributed by atoms with E-state index in [1.807, 2.05) is 5.53 Å². The van der Waals surface area contributed by atoms with Gasteiger partial charge in [0.1, 0.15) is 0 Å². The molecule has 1 aromatic rings. The van der Waals surface area contributed by atoms with E-state index in [4.69, 9.17) is 16.3 Å². The lowest BCUT2D eigenvalue weighted by Gasteiger charge is -2.35. The van der Waals surface area contributed by atoms with Crippen molar-refractivity contribution in [1.29, 1.82) is 0 Å². The number of benzene rings is 1. The molecule has 6 N–H and O–H groups in total. The van der Waals surface area contributed by atoms with Gasteiger partial charge in [0.2, 0.25) is 5.60 Å². The number of hydrogen-bond donors (Lipinski definition) is 4. The fraction of sp³-hybridized carbons (Fsp3) is 0.467. The summed E-state index contributed by atoms with van der Waals surface area (Å²) in [5, 5.41) is 13.2. The van der Waals surface area contributed by atoms with E-state index < -0.39 is 34.7 Å². The number of carboxylic acid groups (broad SMARTS) is 1. The van der Waals surface area contributed by atoms with Crippen LogP contribution in [0.5, 0.6) is 0 Å². The predicted molar refractivity (Wildman–Crippen MR) is 85.3 cm³/mol. The van der Waals surface area contributed by atoms with E-state index in [0.717, 1.165) is 24.3 Å². The van der Waals surface area contributed by atoms with Crippen LogP contribution in [0.1, 0.15) is 31.9 Å². The van der Waals surface area contributed by atoms with Crippen molar-refractivity contribution in [3.8, 4) is 0 Å². The molecule has 140 valence electrons. The van der Waals surface area contributed by atoms with Crippen LogP contribution >= 0.6 is 0 Å². The van der Waals surface area contributed by atoms with E-state index in [9.17, 15) is 23.1 Å². The van der Waals surface area contributed by atoms with E-state index >= 15 is 0 Å².